The zero-order valence-electron chi connectivity index (χ0n) is 21.3. The van der Waals surface area contributed by atoms with E-state index < -0.39 is 18.3 Å². The van der Waals surface area contributed by atoms with E-state index in [4.69, 9.17) is 15.0 Å². The van der Waals surface area contributed by atoms with E-state index in [0.717, 1.165) is 28.8 Å². The molecule has 1 aliphatic heterocycles. The van der Waals surface area contributed by atoms with Gasteiger partial charge in [-0.05, 0) is 77.7 Å². The Balaban J connectivity index is 1.49. The molecule has 0 unspecified atom stereocenters. The van der Waals surface area contributed by atoms with Crippen LogP contribution in [0.25, 0.3) is 11.3 Å². The highest BCUT2D eigenvalue weighted by Gasteiger charge is 2.51. The summed E-state index contributed by atoms with van der Waals surface area (Å²) in [7, 11) is 3.55. The molecule has 0 saturated carbocycles. The van der Waals surface area contributed by atoms with E-state index in [1.165, 1.54) is 0 Å². The van der Waals surface area contributed by atoms with Crippen molar-refractivity contribution in [1.82, 2.24) is 9.88 Å². The number of nitrogens with zero attached hydrogens (tertiary/aromatic N) is 2. The molecule has 1 aromatic heterocycles. The molecular weight excluding hydrogens is 439 g/mol. The van der Waals surface area contributed by atoms with Gasteiger partial charge in [0.25, 0.3) is 5.91 Å². The minimum Gasteiger partial charge on any atom is -0.399 e. The number of aromatic nitrogens is 1. The number of carbonyl (C=O) groups excluding carboxylic acids is 1. The minimum absolute atomic E-state index is 0.214. The number of pyridine rings is 1. The Hall–Kier alpha value is -3.20. The van der Waals surface area contributed by atoms with E-state index in [1.807, 2.05) is 90.3 Å². The minimum atomic E-state index is -0.466. The normalized spacial score (nSPS) is 16.5. The van der Waals surface area contributed by atoms with Gasteiger partial charge in [0.05, 0.1) is 28.3 Å². The second-order valence-electron chi connectivity index (χ2n) is 10.3. The molecule has 0 spiro atoms. The maximum atomic E-state index is 12.8. The van der Waals surface area contributed by atoms with E-state index in [1.54, 1.807) is 12.3 Å². The van der Waals surface area contributed by atoms with Crippen molar-refractivity contribution < 1.29 is 14.1 Å². The van der Waals surface area contributed by atoms with Gasteiger partial charge in [0, 0.05) is 29.3 Å². The van der Waals surface area contributed by atoms with Crippen LogP contribution >= 0.6 is 0 Å². The number of rotatable bonds is 6. The van der Waals surface area contributed by atoms with Crippen molar-refractivity contribution in [2.75, 3.05) is 25.1 Å². The Bertz CT molecular complexity index is 1190. The quantitative estimate of drug-likeness (QED) is 0.417. The standard InChI is InChI=1S/C27H33BN4O3/c1-26(2)27(3,4)35-28(34-26)21-12-14-23(30-16-21)20-11-13-22(29)24(15-20)31-25(33)19-9-7-18(8-10-19)17-32(5)6/h7-16H,17,29H2,1-6H3,(H,31,33). The van der Waals surface area contributed by atoms with Gasteiger partial charge in [-0.3, -0.25) is 9.78 Å². The summed E-state index contributed by atoms with van der Waals surface area (Å²) in [5, 5.41) is 2.93. The molecule has 1 saturated heterocycles. The van der Waals surface area contributed by atoms with Crippen LogP contribution in [0.15, 0.2) is 60.8 Å². The van der Waals surface area contributed by atoms with Gasteiger partial charge in [0.1, 0.15) is 0 Å². The van der Waals surface area contributed by atoms with E-state index in [0.29, 0.717) is 16.9 Å². The van der Waals surface area contributed by atoms with Crippen molar-refractivity contribution in [1.29, 1.82) is 0 Å². The van der Waals surface area contributed by atoms with Crippen molar-refractivity contribution in [3.63, 3.8) is 0 Å². The number of amides is 1. The number of nitrogen functional groups attached to an aromatic ring is 1. The summed E-state index contributed by atoms with van der Waals surface area (Å²) in [6.45, 7) is 8.92. The average Bonchev–Trinajstić information content (AvgIpc) is 3.02. The van der Waals surface area contributed by atoms with Gasteiger partial charge in [0.2, 0.25) is 0 Å². The lowest BCUT2D eigenvalue weighted by molar-refractivity contribution is 0.00578. The first-order valence-electron chi connectivity index (χ1n) is 11.7. The molecule has 7 nitrogen and oxygen atoms in total. The SMILES string of the molecule is CN(C)Cc1ccc(C(=O)Nc2cc(-c3ccc(B4OC(C)(C)C(C)(C)O4)cn3)ccc2N)cc1. The lowest BCUT2D eigenvalue weighted by Crippen LogP contribution is -2.41. The summed E-state index contributed by atoms with van der Waals surface area (Å²) in [5.41, 5.74) is 10.5. The van der Waals surface area contributed by atoms with E-state index in [-0.39, 0.29) is 5.91 Å². The second-order valence-corrected chi connectivity index (χ2v) is 10.3. The van der Waals surface area contributed by atoms with Crippen LogP contribution in [0, 0.1) is 0 Å². The molecular formula is C27H33BN4O3. The van der Waals surface area contributed by atoms with Gasteiger partial charge in [-0.25, -0.2) is 0 Å². The van der Waals surface area contributed by atoms with Gasteiger partial charge in [-0.15, -0.1) is 0 Å². The van der Waals surface area contributed by atoms with Crippen LogP contribution in [0.5, 0.6) is 0 Å². The average molecular weight is 472 g/mol. The fraction of sp³-hybridized carbons (Fsp3) is 0.333. The molecule has 0 atom stereocenters. The Morgan fingerprint density at radius 1 is 1.00 bits per heavy atom. The first-order valence-corrected chi connectivity index (χ1v) is 11.7. The van der Waals surface area contributed by atoms with Gasteiger partial charge in [-0.2, -0.15) is 0 Å². The zero-order chi connectivity index (χ0) is 25.4. The van der Waals surface area contributed by atoms with E-state index in [2.05, 4.69) is 15.2 Å². The Morgan fingerprint density at radius 2 is 1.66 bits per heavy atom. The number of carbonyl (C=O) groups is 1. The third-order valence-electron chi connectivity index (χ3n) is 6.62. The number of nitrogens with one attached hydrogen (secondary N) is 1. The van der Waals surface area contributed by atoms with Crippen LogP contribution < -0.4 is 16.5 Å². The lowest BCUT2D eigenvalue weighted by Gasteiger charge is -2.32. The molecule has 1 amide bonds. The number of hydrogen-bond donors (Lipinski definition) is 2. The van der Waals surface area contributed by atoms with Crippen LogP contribution in [0.4, 0.5) is 11.4 Å². The highest BCUT2D eigenvalue weighted by Crippen LogP contribution is 2.36. The molecule has 3 N–H and O–H groups in total. The van der Waals surface area contributed by atoms with Gasteiger partial charge < -0.3 is 25.3 Å². The third kappa shape index (κ3) is 5.40. The van der Waals surface area contributed by atoms with Crippen LogP contribution in [-0.2, 0) is 15.9 Å². The maximum Gasteiger partial charge on any atom is 0.496 e. The topological polar surface area (TPSA) is 89.7 Å². The van der Waals surface area contributed by atoms with Crippen molar-refractivity contribution in [3.8, 4) is 11.3 Å². The predicted octanol–water partition coefficient (Wildman–Crippen LogP) is 3.94. The summed E-state index contributed by atoms with van der Waals surface area (Å²) < 4.78 is 12.2. The fourth-order valence-electron chi connectivity index (χ4n) is 3.84. The summed E-state index contributed by atoms with van der Waals surface area (Å²) in [6.07, 6.45) is 1.77. The molecule has 1 fully saturated rings. The molecule has 3 aromatic rings. The van der Waals surface area contributed by atoms with Crippen molar-refractivity contribution in [2.24, 2.45) is 0 Å². The van der Waals surface area contributed by atoms with Crippen LogP contribution in [0.2, 0.25) is 0 Å². The lowest BCUT2D eigenvalue weighted by atomic mass is 9.80. The summed E-state index contributed by atoms with van der Waals surface area (Å²) in [6, 6.07) is 16.9. The molecule has 1 aliphatic rings. The molecule has 182 valence electrons. The van der Waals surface area contributed by atoms with Crippen LogP contribution in [-0.4, -0.2) is 48.2 Å². The smallest absolute Gasteiger partial charge is 0.399 e. The second kappa shape index (κ2) is 9.45. The number of benzene rings is 2. The Kier molecular flexibility index (Phi) is 6.73. The first-order chi connectivity index (χ1) is 16.4. The molecule has 2 aromatic carbocycles. The fourth-order valence-corrected chi connectivity index (χ4v) is 3.84. The molecule has 0 bridgehead atoms. The van der Waals surface area contributed by atoms with E-state index in [9.17, 15) is 4.79 Å². The van der Waals surface area contributed by atoms with Crippen molar-refractivity contribution >= 4 is 29.9 Å². The number of nitrogens with two attached hydrogens (primary N) is 1. The Labute approximate surface area is 207 Å². The van der Waals surface area contributed by atoms with Gasteiger partial charge in [0.15, 0.2) is 0 Å². The number of anilines is 2. The summed E-state index contributed by atoms with van der Waals surface area (Å²) in [5.74, 6) is -0.214. The highest BCUT2D eigenvalue weighted by molar-refractivity contribution is 6.62. The molecule has 0 radical (unpaired) electrons. The summed E-state index contributed by atoms with van der Waals surface area (Å²) in [4.78, 5) is 19.5. The van der Waals surface area contributed by atoms with Gasteiger partial charge >= 0.3 is 7.12 Å². The van der Waals surface area contributed by atoms with Crippen molar-refractivity contribution in [3.05, 3.63) is 71.9 Å². The molecule has 4 rings (SSSR count). The largest absolute Gasteiger partial charge is 0.496 e. The molecule has 8 heteroatoms. The third-order valence-corrected chi connectivity index (χ3v) is 6.62. The first kappa shape index (κ1) is 24.9. The zero-order valence-corrected chi connectivity index (χ0v) is 21.3. The monoisotopic (exact) mass is 472 g/mol. The predicted molar refractivity (Wildman–Crippen MR) is 142 cm³/mol. The Morgan fingerprint density at radius 3 is 2.23 bits per heavy atom. The van der Waals surface area contributed by atoms with Crippen LogP contribution in [0.3, 0.4) is 0 Å². The van der Waals surface area contributed by atoms with Crippen LogP contribution in [0.1, 0.15) is 43.6 Å². The molecule has 35 heavy (non-hydrogen) atoms. The number of hydrogen-bond acceptors (Lipinski definition) is 6. The van der Waals surface area contributed by atoms with Crippen molar-refractivity contribution in [2.45, 2.75) is 45.4 Å². The highest BCUT2D eigenvalue weighted by atomic mass is 16.7. The summed E-state index contributed by atoms with van der Waals surface area (Å²) >= 11 is 0. The molecule has 2 heterocycles. The van der Waals surface area contributed by atoms with Gasteiger partial charge in [-0.1, -0.05) is 24.3 Å². The maximum absolute atomic E-state index is 12.8. The van der Waals surface area contributed by atoms with E-state index >= 15 is 0 Å². The molecule has 0 aliphatic carbocycles.